The van der Waals surface area contributed by atoms with Gasteiger partial charge in [0.25, 0.3) is 5.91 Å². The Morgan fingerprint density at radius 2 is 1.89 bits per heavy atom. The molecular weight excluding hydrogens is 384 g/mol. The topological polar surface area (TPSA) is 122 Å². The zero-order chi connectivity index (χ0) is 19.9. The molecule has 1 heterocycles. The molecule has 28 heavy (non-hydrogen) atoms. The second-order valence-electron chi connectivity index (χ2n) is 5.84. The van der Waals surface area contributed by atoms with Crippen molar-refractivity contribution < 1.29 is 14.7 Å². The fraction of sp³-hybridized carbons (Fsp3) is 0.167. The van der Waals surface area contributed by atoms with Crippen LogP contribution in [0.5, 0.6) is 5.75 Å². The van der Waals surface area contributed by atoms with Gasteiger partial charge >= 0.3 is 0 Å². The number of hydrogen-bond donors (Lipinski definition) is 3. The number of carbonyl (C=O) groups excluding carboxylic acids is 2. The Bertz CT molecular complexity index is 976. The predicted molar refractivity (Wildman–Crippen MR) is 101 cm³/mol. The number of benzene rings is 2. The number of amides is 2. The number of rotatable bonds is 6. The molecule has 0 aliphatic carbocycles. The van der Waals surface area contributed by atoms with Crippen LogP contribution in [0.1, 0.15) is 23.2 Å². The minimum absolute atomic E-state index is 0.0342. The molecule has 0 unspecified atom stereocenters. The maximum absolute atomic E-state index is 12.0. The van der Waals surface area contributed by atoms with Gasteiger partial charge in [0.05, 0.1) is 12.1 Å². The van der Waals surface area contributed by atoms with Crippen LogP contribution in [0.25, 0.3) is 11.4 Å². The highest BCUT2D eigenvalue weighted by atomic mass is 35.5. The maximum atomic E-state index is 12.0. The number of carbonyl (C=O) groups is 2. The second-order valence-corrected chi connectivity index (χ2v) is 6.28. The molecule has 3 N–H and O–H groups in total. The highest BCUT2D eigenvalue weighted by Crippen LogP contribution is 2.21. The molecule has 2 aromatic carbocycles. The summed E-state index contributed by atoms with van der Waals surface area (Å²) in [5, 5.41) is 22.2. The lowest BCUT2D eigenvalue weighted by molar-refractivity contribution is -0.122. The van der Waals surface area contributed by atoms with Gasteiger partial charge in [-0.2, -0.15) is 4.80 Å². The van der Waals surface area contributed by atoms with E-state index in [4.69, 9.17) is 11.6 Å². The number of hydrazine groups is 1. The molecule has 0 bridgehead atoms. The molecule has 10 heteroatoms. The van der Waals surface area contributed by atoms with Crippen LogP contribution in [-0.2, 0) is 11.3 Å². The van der Waals surface area contributed by atoms with Gasteiger partial charge in [0.2, 0.25) is 11.7 Å². The van der Waals surface area contributed by atoms with Crippen molar-refractivity contribution in [2.24, 2.45) is 0 Å². The SMILES string of the molecule is O=C(CCCn1nnc(-c2ccccc2)n1)NNC(=O)c1cc(Cl)ccc1O. The van der Waals surface area contributed by atoms with Crippen molar-refractivity contribution in [1.82, 2.24) is 31.1 Å². The summed E-state index contributed by atoms with van der Waals surface area (Å²) in [5.74, 6) is -0.779. The van der Waals surface area contributed by atoms with E-state index in [-0.39, 0.29) is 17.7 Å². The first-order valence-electron chi connectivity index (χ1n) is 8.44. The van der Waals surface area contributed by atoms with Crippen LogP contribution >= 0.6 is 11.6 Å². The van der Waals surface area contributed by atoms with Crippen molar-refractivity contribution in [2.75, 3.05) is 0 Å². The van der Waals surface area contributed by atoms with E-state index >= 15 is 0 Å². The Hall–Kier alpha value is -3.46. The number of aromatic nitrogens is 4. The van der Waals surface area contributed by atoms with Gasteiger partial charge in [0.15, 0.2) is 0 Å². The van der Waals surface area contributed by atoms with Crippen molar-refractivity contribution in [1.29, 1.82) is 0 Å². The van der Waals surface area contributed by atoms with Gasteiger partial charge in [-0.25, -0.2) is 0 Å². The van der Waals surface area contributed by atoms with E-state index in [0.717, 1.165) is 5.56 Å². The third kappa shape index (κ3) is 5.04. The minimum Gasteiger partial charge on any atom is -0.507 e. The van der Waals surface area contributed by atoms with E-state index in [1.54, 1.807) is 0 Å². The first-order valence-corrected chi connectivity index (χ1v) is 8.81. The molecule has 0 saturated carbocycles. The number of aromatic hydroxyl groups is 1. The van der Waals surface area contributed by atoms with Gasteiger partial charge in [-0.3, -0.25) is 20.4 Å². The second kappa shape index (κ2) is 8.96. The number of halogens is 1. The number of hydrogen-bond acceptors (Lipinski definition) is 6. The summed E-state index contributed by atoms with van der Waals surface area (Å²) >= 11 is 5.79. The van der Waals surface area contributed by atoms with Crippen molar-refractivity contribution in [3.8, 4) is 17.1 Å². The summed E-state index contributed by atoms with van der Waals surface area (Å²) in [5.41, 5.74) is 5.35. The normalized spacial score (nSPS) is 10.5. The summed E-state index contributed by atoms with van der Waals surface area (Å²) in [6.07, 6.45) is 0.596. The molecule has 9 nitrogen and oxygen atoms in total. The first kappa shape index (κ1) is 19.3. The van der Waals surface area contributed by atoms with E-state index in [0.29, 0.717) is 23.8 Å². The van der Waals surface area contributed by atoms with Crippen LogP contribution in [0.15, 0.2) is 48.5 Å². The van der Waals surface area contributed by atoms with Crippen LogP contribution in [0, 0.1) is 0 Å². The fourth-order valence-electron chi connectivity index (χ4n) is 2.37. The number of phenols is 1. The van der Waals surface area contributed by atoms with Gasteiger partial charge < -0.3 is 5.11 Å². The molecule has 0 fully saturated rings. The number of nitrogens with zero attached hydrogens (tertiary/aromatic N) is 4. The fourth-order valence-corrected chi connectivity index (χ4v) is 2.54. The molecule has 0 aliphatic rings. The molecular formula is C18H17ClN6O3. The van der Waals surface area contributed by atoms with E-state index in [9.17, 15) is 14.7 Å². The summed E-state index contributed by atoms with van der Waals surface area (Å²) in [6.45, 7) is 0.399. The summed E-state index contributed by atoms with van der Waals surface area (Å²) < 4.78 is 0. The summed E-state index contributed by atoms with van der Waals surface area (Å²) in [4.78, 5) is 25.3. The van der Waals surface area contributed by atoms with Gasteiger partial charge in [0, 0.05) is 17.0 Å². The molecule has 0 radical (unpaired) electrons. The molecule has 0 atom stereocenters. The lowest BCUT2D eigenvalue weighted by atomic mass is 10.2. The van der Waals surface area contributed by atoms with Crippen molar-refractivity contribution >= 4 is 23.4 Å². The third-order valence-corrected chi connectivity index (χ3v) is 4.00. The largest absolute Gasteiger partial charge is 0.507 e. The molecule has 3 rings (SSSR count). The standard InChI is InChI=1S/C18H17ClN6O3/c19-13-8-9-15(26)14(11-13)18(28)22-20-16(27)7-4-10-25-23-17(21-24-25)12-5-2-1-3-6-12/h1-3,5-6,8-9,11,26H,4,7,10H2,(H,20,27)(H,22,28). The Kier molecular flexibility index (Phi) is 6.18. The smallest absolute Gasteiger partial charge is 0.273 e. The van der Waals surface area contributed by atoms with Crippen LogP contribution in [0.4, 0.5) is 0 Å². The Labute approximate surface area is 165 Å². The Balaban J connectivity index is 1.43. The van der Waals surface area contributed by atoms with Crippen LogP contribution in [0.2, 0.25) is 5.02 Å². The molecule has 0 aliphatic heterocycles. The highest BCUT2D eigenvalue weighted by Gasteiger charge is 2.13. The van der Waals surface area contributed by atoms with E-state index < -0.39 is 11.8 Å². The zero-order valence-corrected chi connectivity index (χ0v) is 15.4. The van der Waals surface area contributed by atoms with E-state index in [2.05, 4.69) is 26.3 Å². The monoisotopic (exact) mass is 400 g/mol. The summed E-state index contributed by atoms with van der Waals surface area (Å²) in [6, 6.07) is 13.5. The van der Waals surface area contributed by atoms with Crippen molar-refractivity contribution in [3.63, 3.8) is 0 Å². The average molecular weight is 401 g/mol. The number of aryl methyl sites for hydroxylation is 1. The van der Waals surface area contributed by atoms with Gasteiger partial charge in [-0.15, -0.1) is 10.2 Å². The molecule has 0 saturated heterocycles. The molecule has 3 aromatic rings. The maximum Gasteiger partial charge on any atom is 0.273 e. The van der Waals surface area contributed by atoms with Gasteiger partial charge in [-0.1, -0.05) is 41.9 Å². The number of tetrazole rings is 1. The molecule has 2 amide bonds. The minimum atomic E-state index is -0.668. The molecule has 1 aromatic heterocycles. The van der Waals surface area contributed by atoms with Crippen molar-refractivity contribution in [3.05, 3.63) is 59.1 Å². The van der Waals surface area contributed by atoms with Crippen LogP contribution in [0.3, 0.4) is 0 Å². The third-order valence-electron chi connectivity index (χ3n) is 3.77. The first-order chi connectivity index (χ1) is 13.5. The van der Waals surface area contributed by atoms with Crippen LogP contribution < -0.4 is 10.9 Å². The van der Waals surface area contributed by atoms with Gasteiger partial charge in [0.1, 0.15) is 5.75 Å². The highest BCUT2D eigenvalue weighted by molar-refractivity contribution is 6.31. The Morgan fingerprint density at radius 3 is 2.68 bits per heavy atom. The average Bonchev–Trinajstić information content (AvgIpc) is 3.17. The molecule has 0 spiro atoms. The van der Waals surface area contributed by atoms with E-state index in [1.807, 2.05) is 30.3 Å². The van der Waals surface area contributed by atoms with Crippen LogP contribution in [-0.4, -0.2) is 37.1 Å². The number of phenolic OH excluding ortho intramolecular Hbond substituents is 1. The Morgan fingerprint density at radius 1 is 1.11 bits per heavy atom. The predicted octanol–water partition coefficient (Wildman–Crippen LogP) is 1.94. The zero-order valence-electron chi connectivity index (χ0n) is 14.7. The number of nitrogens with one attached hydrogen (secondary N) is 2. The lowest BCUT2D eigenvalue weighted by Crippen LogP contribution is -2.41. The molecule has 144 valence electrons. The summed E-state index contributed by atoms with van der Waals surface area (Å²) in [7, 11) is 0. The van der Waals surface area contributed by atoms with Crippen molar-refractivity contribution in [2.45, 2.75) is 19.4 Å². The van der Waals surface area contributed by atoms with Gasteiger partial charge in [-0.05, 0) is 29.8 Å². The lowest BCUT2D eigenvalue weighted by Gasteiger charge is -2.08. The van der Waals surface area contributed by atoms with E-state index in [1.165, 1.54) is 23.0 Å². The quantitative estimate of drug-likeness (QED) is 0.543.